The minimum atomic E-state index is 0.149. The third kappa shape index (κ3) is 1.85. The maximum Gasteiger partial charge on any atom is 0.219 e. The lowest BCUT2D eigenvalue weighted by atomic mass is 10.1. The normalized spacial score (nSPS) is 30.0. The third-order valence-electron chi connectivity index (χ3n) is 2.29. The van der Waals surface area contributed by atoms with E-state index in [1.165, 1.54) is 0 Å². The summed E-state index contributed by atoms with van der Waals surface area (Å²) in [4.78, 5) is 13.0. The molecule has 3 heteroatoms. The van der Waals surface area contributed by atoms with E-state index in [2.05, 4.69) is 11.9 Å². The first-order valence-electron chi connectivity index (χ1n) is 4.28. The fraction of sp³-hybridized carbons (Fsp3) is 0.667. The van der Waals surface area contributed by atoms with Gasteiger partial charge in [0.25, 0.3) is 0 Å². The largest absolute Gasteiger partial charge is 0.337 e. The van der Waals surface area contributed by atoms with Gasteiger partial charge in [-0.15, -0.1) is 6.58 Å². The van der Waals surface area contributed by atoms with Crippen molar-refractivity contribution in [1.82, 2.24) is 10.2 Å². The molecule has 0 unspecified atom stereocenters. The van der Waals surface area contributed by atoms with Gasteiger partial charge in [0.05, 0.1) is 0 Å². The molecule has 3 nitrogen and oxygen atoms in total. The quantitative estimate of drug-likeness (QED) is 0.574. The molecule has 1 fully saturated rings. The molecule has 0 bridgehead atoms. The van der Waals surface area contributed by atoms with Crippen LogP contribution in [-0.4, -0.2) is 36.0 Å². The second-order valence-corrected chi connectivity index (χ2v) is 3.27. The van der Waals surface area contributed by atoms with Crippen LogP contribution in [0.1, 0.15) is 13.8 Å². The molecule has 1 aliphatic rings. The summed E-state index contributed by atoms with van der Waals surface area (Å²) in [5.41, 5.74) is 0. The highest BCUT2D eigenvalue weighted by Gasteiger charge is 2.24. The number of nitrogens with one attached hydrogen (secondary N) is 1. The molecular formula is C9H16N2O. The summed E-state index contributed by atoms with van der Waals surface area (Å²) in [6.07, 6.45) is 1.85. The van der Waals surface area contributed by atoms with Gasteiger partial charge in [0, 0.05) is 32.1 Å². The summed E-state index contributed by atoms with van der Waals surface area (Å²) >= 11 is 0. The molecule has 12 heavy (non-hydrogen) atoms. The molecule has 0 aromatic heterocycles. The summed E-state index contributed by atoms with van der Waals surface area (Å²) in [6.45, 7) is 8.97. The van der Waals surface area contributed by atoms with Gasteiger partial charge < -0.3 is 10.2 Å². The van der Waals surface area contributed by atoms with Crippen LogP contribution in [0.4, 0.5) is 0 Å². The molecule has 1 aliphatic heterocycles. The van der Waals surface area contributed by atoms with Crippen molar-refractivity contribution < 1.29 is 4.79 Å². The van der Waals surface area contributed by atoms with Gasteiger partial charge in [0.1, 0.15) is 0 Å². The number of hydrogen-bond donors (Lipinski definition) is 1. The highest BCUT2D eigenvalue weighted by atomic mass is 16.2. The Balaban J connectivity index is 2.58. The summed E-state index contributed by atoms with van der Waals surface area (Å²) < 4.78 is 0. The van der Waals surface area contributed by atoms with Gasteiger partial charge in [-0.1, -0.05) is 6.08 Å². The Labute approximate surface area is 73.4 Å². The van der Waals surface area contributed by atoms with E-state index in [0.717, 1.165) is 13.1 Å². The fourth-order valence-electron chi connectivity index (χ4n) is 1.49. The Morgan fingerprint density at radius 3 is 2.92 bits per heavy atom. The smallest absolute Gasteiger partial charge is 0.219 e. The molecule has 0 aromatic rings. The molecule has 1 rings (SSSR count). The monoisotopic (exact) mass is 168 g/mol. The molecule has 1 saturated heterocycles. The molecule has 1 heterocycles. The Hall–Kier alpha value is -0.830. The summed E-state index contributed by atoms with van der Waals surface area (Å²) in [5, 5.41) is 3.29. The average Bonchev–Trinajstić information content (AvgIpc) is 2.05. The fourth-order valence-corrected chi connectivity index (χ4v) is 1.49. The molecule has 0 saturated carbocycles. The predicted octanol–water partition coefficient (Wildman–Crippen LogP) is 0.381. The summed E-state index contributed by atoms with van der Waals surface area (Å²) in [5.74, 6) is 0.149. The van der Waals surface area contributed by atoms with E-state index in [-0.39, 0.29) is 11.9 Å². The first kappa shape index (κ1) is 9.26. The lowest BCUT2D eigenvalue weighted by molar-refractivity contribution is -0.132. The zero-order valence-corrected chi connectivity index (χ0v) is 7.71. The number of piperazine rings is 1. The van der Waals surface area contributed by atoms with E-state index >= 15 is 0 Å². The standard InChI is InChI=1S/C9H16N2O/c1-4-9-6-11(8(3)12)7(2)5-10-9/h4,7,9-10H,1,5-6H2,2-3H3/t7-,9+/m1/s1. The Bertz CT molecular complexity index is 191. The number of carbonyl (C=O) groups is 1. The lowest BCUT2D eigenvalue weighted by Gasteiger charge is -2.37. The van der Waals surface area contributed by atoms with E-state index in [4.69, 9.17) is 0 Å². The number of hydrogen-bond acceptors (Lipinski definition) is 2. The van der Waals surface area contributed by atoms with Gasteiger partial charge in [-0.05, 0) is 6.92 Å². The number of nitrogens with zero attached hydrogens (tertiary/aromatic N) is 1. The van der Waals surface area contributed by atoms with Gasteiger partial charge >= 0.3 is 0 Å². The Kier molecular flexibility index (Phi) is 2.87. The molecule has 1 N–H and O–H groups in total. The van der Waals surface area contributed by atoms with Gasteiger partial charge in [0.2, 0.25) is 5.91 Å². The molecular weight excluding hydrogens is 152 g/mol. The van der Waals surface area contributed by atoms with Crippen LogP contribution in [0.5, 0.6) is 0 Å². The highest BCUT2D eigenvalue weighted by Crippen LogP contribution is 2.06. The van der Waals surface area contributed by atoms with Crippen molar-refractivity contribution in [2.75, 3.05) is 13.1 Å². The van der Waals surface area contributed by atoms with Gasteiger partial charge in [-0.2, -0.15) is 0 Å². The second-order valence-electron chi connectivity index (χ2n) is 3.27. The van der Waals surface area contributed by atoms with Crippen LogP contribution in [0.15, 0.2) is 12.7 Å². The molecule has 0 radical (unpaired) electrons. The second kappa shape index (κ2) is 3.72. The van der Waals surface area contributed by atoms with Crippen LogP contribution in [-0.2, 0) is 4.79 Å². The highest BCUT2D eigenvalue weighted by molar-refractivity contribution is 5.73. The van der Waals surface area contributed by atoms with E-state index in [0.29, 0.717) is 6.04 Å². The third-order valence-corrected chi connectivity index (χ3v) is 2.29. The first-order chi connectivity index (χ1) is 5.65. The predicted molar refractivity (Wildman–Crippen MR) is 48.8 cm³/mol. The van der Waals surface area contributed by atoms with Crippen molar-refractivity contribution in [3.63, 3.8) is 0 Å². The molecule has 0 spiro atoms. The molecule has 0 aromatic carbocycles. The Morgan fingerprint density at radius 1 is 1.75 bits per heavy atom. The van der Waals surface area contributed by atoms with Gasteiger partial charge in [-0.25, -0.2) is 0 Å². The van der Waals surface area contributed by atoms with Crippen molar-refractivity contribution in [2.45, 2.75) is 25.9 Å². The van der Waals surface area contributed by atoms with Crippen molar-refractivity contribution >= 4 is 5.91 Å². The van der Waals surface area contributed by atoms with E-state index < -0.39 is 0 Å². The topological polar surface area (TPSA) is 32.3 Å². The number of rotatable bonds is 1. The maximum absolute atomic E-state index is 11.1. The van der Waals surface area contributed by atoms with Crippen molar-refractivity contribution in [3.8, 4) is 0 Å². The summed E-state index contributed by atoms with van der Waals surface area (Å²) in [6, 6.07) is 0.559. The Morgan fingerprint density at radius 2 is 2.42 bits per heavy atom. The van der Waals surface area contributed by atoms with Gasteiger partial charge in [0.15, 0.2) is 0 Å². The van der Waals surface area contributed by atoms with E-state index in [1.54, 1.807) is 6.92 Å². The van der Waals surface area contributed by atoms with Crippen LogP contribution in [0.2, 0.25) is 0 Å². The van der Waals surface area contributed by atoms with Crippen LogP contribution in [0.3, 0.4) is 0 Å². The van der Waals surface area contributed by atoms with Crippen molar-refractivity contribution in [1.29, 1.82) is 0 Å². The number of carbonyl (C=O) groups excluding carboxylic acids is 1. The summed E-state index contributed by atoms with van der Waals surface area (Å²) in [7, 11) is 0. The van der Waals surface area contributed by atoms with Gasteiger partial charge in [-0.3, -0.25) is 4.79 Å². The zero-order valence-electron chi connectivity index (χ0n) is 7.71. The van der Waals surface area contributed by atoms with E-state index in [1.807, 2.05) is 17.9 Å². The maximum atomic E-state index is 11.1. The van der Waals surface area contributed by atoms with Crippen molar-refractivity contribution in [2.24, 2.45) is 0 Å². The van der Waals surface area contributed by atoms with Crippen LogP contribution < -0.4 is 5.32 Å². The average molecular weight is 168 g/mol. The van der Waals surface area contributed by atoms with Crippen molar-refractivity contribution in [3.05, 3.63) is 12.7 Å². The SMILES string of the molecule is C=C[C@H]1CN(C(C)=O)[C@H](C)CN1. The first-order valence-corrected chi connectivity index (χ1v) is 4.28. The van der Waals surface area contributed by atoms with Crippen LogP contribution in [0.25, 0.3) is 0 Å². The van der Waals surface area contributed by atoms with Crippen LogP contribution in [0, 0.1) is 0 Å². The molecule has 2 atom stereocenters. The molecule has 1 amide bonds. The lowest BCUT2D eigenvalue weighted by Crippen LogP contribution is -2.56. The minimum absolute atomic E-state index is 0.149. The minimum Gasteiger partial charge on any atom is -0.337 e. The zero-order chi connectivity index (χ0) is 9.14. The molecule has 0 aliphatic carbocycles. The molecule has 68 valence electrons. The number of amides is 1. The van der Waals surface area contributed by atoms with E-state index in [9.17, 15) is 4.79 Å². The van der Waals surface area contributed by atoms with Crippen LogP contribution >= 0.6 is 0 Å².